The second-order valence-electron chi connectivity index (χ2n) is 5.38. The molecule has 0 aliphatic carbocycles. The first-order chi connectivity index (χ1) is 11.5. The van der Waals surface area contributed by atoms with E-state index >= 15 is 0 Å². The molecular formula is C18H16ClN3O2. The van der Waals surface area contributed by atoms with Gasteiger partial charge in [0.2, 0.25) is 0 Å². The zero-order chi connectivity index (χ0) is 17.3. The van der Waals surface area contributed by atoms with E-state index in [9.17, 15) is 9.90 Å². The van der Waals surface area contributed by atoms with Gasteiger partial charge in [0, 0.05) is 24.0 Å². The zero-order valence-electron chi connectivity index (χ0n) is 13.0. The number of hydrogen-bond acceptors (Lipinski definition) is 3. The number of hydrogen-bond donors (Lipinski definition) is 2. The van der Waals surface area contributed by atoms with E-state index in [4.69, 9.17) is 11.6 Å². The molecule has 0 spiro atoms. The Bertz CT molecular complexity index is 1040. The van der Waals surface area contributed by atoms with Crippen molar-refractivity contribution in [1.82, 2.24) is 9.78 Å². The number of nitrogens with one attached hydrogen (secondary N) is 1. The van der Waals surface area contributed by atoms with Crippen LogP contribution >= 0.6 is 11.6 Å². The number of H-pyrrole nitrogens is 1. The van der Waals surface area contributed by atoms with E-state index in [2.05, 4.69) is 11.7 Å². The van der Waals surface area contributed by atoms with Crippen LogP contribution in [0.15, 0.2) is 53.3 Å². The fraction of sp³-hybridized carbons (Fsp3) is 0.0556. The lowest BCUT2D eigenvalue weighted by atomic mass is 10.3. The van der Waals surface area contributed by atoms with Gasteiger partial charge in [-0.05, 0) is 42.5 Å². The van der Waals surface area contributed by atoms with Gasteiger partial charge < -0.3 is 10.0 Å². The largest absolute Gasteiger partial charge is 0.508 e. The Morgan fingerprint density at radius 1 is 1.25 bits per heavy atom. The number of anilines is 1. The van der Waals surface area contributed by atoms with Crippen LogP contribution in [0.4, 0.5) is 5.69 Å². The molecule has 0 saturated carbocycles. The molecule has 0 saturated heterocycles. The maximum Gasteiger partial charge on any atom is 0.280 e. The van der Waals surface area contributed by atoms with Crippen molar-refractivity contribution in [2.45, 2.75) is 0 Å². The summed E-state index contributed by atoms with van der Waals surface area (Å²) in [5.41, 5.74) is 1.26. The Labute approximate surface area is 143 Å². The number of nitrogens with zero attached hydrogens (tertiary/aromatic N) is 2. The average Bonchev–Trinajstić information content (AvgIpc) is 2.83. The fourth-order valence-electron chi connectivity index (χ4n) is 2.38. The highest BCUT2D eigenvalue weighted by Gasteiger charge is 2.06. The number of aromatic amines is 1. The third-order valence-electron chi connectivity index (χ3n) is 3.65. The van der Waals surface area contributed by atoms with E-state index in [0.29, 0.717) is 21.3 Å². The maximum absolute atomic E-state index is 12.7. The van der Waals surface area contributed by atoms with E-state index in [0.717, 1.165) is 5.69 Å². The van der Waals surface area contributed by atoms with Gasteiger partial charge in [-0.1, -0.05) is 24.2 Å². The molecule has 0 aliphatic heterocycles. The molecule has 0 radical (unpaired) electrons. The van der Waals surface area contributed by atoms with Crippen molar-refractivity contribution in [2.75, 3.05) is 11.9 Å². The first-order valence-electron chi connectivity index (χ1n) is 7.25. The molecule has 24 heavy (non-hydrogen) atoms. The minimum absolute atomic E-state index is 0.190. The number of phenols is 1. The van der Waals surface area contributed by atoms with E-state index in [1.807, 2.05) is 7.05 Å². The van der Waals surface area contributed by atoms with Gasteiger partial charge in [-0.15, -0.1) is 0 Å². The van der Waals surface area contributed by atoms with Crippen LogP contribution in [-0.4, -0.2) is 21.9 Å². The Balaban J connectivity index is 2.08. The summed E-state index contributed by atoms with van der Waals surface area (Å²) in [6.45, 7) is 3.90. The predicted octanol–water partition coefficient (Wildman–Crippen LogP) is 1.81. The standard InChI is InChI=1S/C18H16ClN3O2/c1-12-17(11-21(2)14-6-8-16(23)9-7-14)18(24)22(20-12)15-5-3-4-13(19)10-15/h3-11,20,23H,1H2,2H3. The highest BCUT2D eigenvalue weighted by Crippen LogP contribution is 2.17. The summed E-state index contributed by atoms with van der Waals surface area (Å²) in [7, 11) is 1.82. The number of rotatable bonds is 3. The molecule has 1 heterocycles. The summed E-state index contributed by atoms with van der Waals surface area (Å²) < 4.78 is 1.41. The van der Waals surface area contributed by atoms with Crippen LogP contribution in [0.2, 0.25) is 5.02 Å². The smallest absolute Gasteiger partial charge is 0.280 e. The molecule has 0 bridgehead atoms. The summed E-state index contributed by atoms with van der Waals surface area (Å²) >= 11 is 5.99. The quantitative estimate of drug-likeness (QED) is 0.764. The van der Waals surface area contributed by atoms with Crippen LogP contribution < -0.4 is 21.0 Å². The van der Waals surface area contributed by atoms with Gasteiger partial charge in [-0.25, -0.2) is 4.68 Å². The summed E-state index contributed by atoms with van der Waals surface area (Å²) in [5, 5.41) is 13.8. The Morgan fingerprint density at radius 3 is 2.62 bits per heavy atom. The van der Waals surface area contributed by atoms with Crippen molar-refractivity contribution in [3.63, 3.8) is 0 Å². The number of aromatic nitrogens is 2. The summed E-state index contributed by atoms with van der Waals surface area (Å²) in [5.74, 6) is 0.190. The summed E-state index contributed by atoms with van der Waals surface area (Å²) in [4.78, 5) is 14.5. The molecule has 3 rings (SSSR count). The van der Waals surface area contributed by atoms with Crippen molar-refractivity contribution in [3.05, 3.63) is 74.5 Å². The highest BCUT2D eigenvalue weighted by atomic mass is 35.5. The lowest BCUT2D eigenvalue weighted by molar-refractivity contribution is 0.475. The molecule has 0 atom stereocenters. The van der Waals surface area contributed by atoms with Crippen molar-refractivity contribution in [3.8, 4) is 11.4 Å². The van der Waals surface area contributed by atoms with E-state index < -0.39 is 0 Å². The minimum atomic E-state index is -0.215. The highest BCUT2D eigenvalue weighted by molar-refractivity contribution is 6.30. The van der Waals surface area contributed by atoms with Crippen LogP contribution in [-0.2, 0) is 0 Å². The van der Waals surface area contributed by atoms with E-state index in [1.54, 1.807) is 59.6 Å². The molecular weight excluding hydrogens is 326 g/mol. The van der Waals surface area contributed by atoms with Gasteiger partial charge in [-0.3, -0.25) is 9.89 Å². The number of benzene rings is 2. The summed E-state index contributed by atoms with van der Waals surface area (Å²) in [6, 6.07) is 13.7. The van der Waals surface area contributed by atoms with Crippen molar-refractivity contribution in [1.29, 1.82) is 0 Å². The maximum atomic E-state index is 12.7. The van der Waals surface area contributed by atoms with Gasteiger partial charge in [-0.2, -0.15) is 0 Å². The Kier molecular flexibility index (Phi) is 4.18. The number of phenolic OH excluding ortho intramolecular Hbond substituents is 1. The second kappa shape index (κ2) is 6.29. The fourth-order valence-corrected chi connectivity index (χ4v) is 2.57. The molecule has 0 amide bonds. The normalized spacial score (nSPS) is 11.7. The monoisotopic (exact) mass is 341 g/mol. The first kappa shape index (κ1) is 16.0. The molecule has 3 aromatic rings. The summed E-state index contributed by atoms with van der Waals surface area (Å²) in [6.07, 6.45) is 1.70. The lowest BCUT2D eigenvalue weighted by Gasteiger charge is -2.13. The Hall–Kier alpha value is -2.92. The average molecular weight is 342 g/mol. The van der Waals surface area contributed by atoms with Crippen molar-refractivity contribution < 1.29 is 5.11 Å². The van der Waals surface area contributed by atoms with E-state index in [-0.39, 0.29) is 11.3 Å². The van der Waals surface area contributed by atoms with Crippen LogP contribution in [0.25, 0.3) is 18.5 Å². The van der Waals surface area contributed by atoms with Gasteiger partial charge >= 0.3 is 0 Å². The molecule has 2 N–H and O–H groups in total. The molecule has 0 fully saturated rings. The number of halogens is 1. The molecule has 1 aromatic heterocycles. The van der Waals surface area contributed by atoms with Crippen LogP contribution in [0.3, 0.4) is 0 Å². The Morgan fingerprint density at radius 2 is 1.96 bits per heavy atom. The SMILES string of the molecule is C=c1[nH]n(-c2cccc(Cl)c2)c(=O)c1=CN(C)c1ccc(O)cc1. The molecule has 5 nitrogen and oxygen atoms in total. The van der Waals surface area contributed by atoms with Crippen molar-refractivity contribution in [2.24, 2.45) is 0 Å². The third-order valence-corrected chi connectivity index (χ3v) is 3.89. The molecule has 6 heteroatoms. The predicted molar refractivity (Wildman–Crippen MR) is 97.1 cm³/mol. The number of aromatic hydroxyl groups is 1. The van der Waals surface area contributed by atoms with Gasteiger partial charge in [0.05, 0.1) is 16.3 Å². The molecule has 0 aliphatic rings. The lowest BCUT2D eigenvalue weighted by Crippen LogP contribution is -2.36. The molecule has 0 unspecified atom stereocenters. The van der Waals surface area contributed by atoms with Crippen LogP contribution in [0.1, 0.15) is 0 Å². The van der Waals surface area contributed by atoms with Crippen molar-refractivity contribution >= 4 is 30.1 Å². The van der Waals surface area contributed by atoms with E-state index in [1.165, 1.54) is 4.68 Å². The van der Waals surface area contributed by atoms with Gasteiger partial charge in [0.1, 0.15) is 5.75 Å². The third kappa shape index (κ3) is 3.07. The van der Waals surface area contributed by atoms with Crippen LogP contribution in [0, 0.1) is 0 Å². The minimum Gasteiger partial charge on any atom is -0.508 e. The topological polar surface area (TPSA) is 61.3 Å². The molecule has 122 valence electrons. The van der Waals surface area contributed by atoms with Crippen LogP contribution in [0.5, 0.6) is 5.75 Å². The second-order valence-corrected chi connectivity index (χ2v) is 5.82. The van der Waals surface area contributed by atoms with Gasteiger partial charge in [0.25, 0.3) is 5.56 Å². The molecule has 2 aromatic carbocycles. The first-order valence-corrected chi connectivity index (χ1v) is 7.63. The van der Waals surface area contributed by atoms with Gasteiger partial charge in [0.15, 0.2) is 0 Å². The zero-order valence-corrected chi connectivity index (χ0v) is 13.8.